The van der Waals surface area contributed by atoms with Crippen molar-refractivity contribution in [2.75, 3.05) is 7.05 Å². The lowest BCUT2D eigenvalue weighted by molar-refractivity contribution is -0.130. The number of hydrogen-bond acceptors (Lipinski definition) is 7. The third-order valence-corrected chi connectivity index (χ3v) is 4.74. The summed E-state index contributed by atoms with van der Waals surface area (Å²) >= 11 is 0. The molecule has 138 valence electrons. The topological polar surface area (TPSA) is 102 Å². The molecule has 0 atom stereocenters. The molecule has 0 aliphatic carbocycles. The smallest absolute Gasteiger partial charge is 0.252 e. The molecule has 9 nitrogen and oxygen atoms in total. The maximum absolute atomic E-state index is 12.6. The quantitative estimate of drug-likeness (QED) is 0.532. The maximum Gasteiger partial charge on any atom is 0.252 e. The molecule has 4 rings (SSSR count). The van der Waals surface area contributed by atoms with Crippen molar-refractivity contribution in [3.05, 3.63) is 47.0 Å². The molecule has 0 saturated carbocycles. The van der Waals surface area contributed by atoms with Crippen LogP contribution in [-0.4, -0.2) is 47.8 Å². The molecule has 0 unspecified atom stereocenters. The van der Waals surface area contributed by atoms with E-state index in [0.717, 1.165) is 22.5 Å². The Bertz CT molecular complexity index is 1130. The minimum absolute atomic E-state index is 0.0610. The second-order valence-electron chi connectivity index (χ2n) is 6.57. The molecule has 3 heterocycles. The number of amides is 1. The highest BCUT2D eigenvalue weighted by Gasteiger charge is 2.15. The Balaban J connectivity index is 1.44. The van der Waals surface area contributed by atoms with Gasteiger partial charge in [-0.15, -0.1) is 0 Å². The number of carbonyl (C=O) groups is 1. The first-order chi connectivity index (χ1) is 13.0. The Morgan fingerprint density at radius 2 is 2.04 bits per heavy atom. The molecule has 0 fully saturated rings. The van der Waals surface area contributed by atoms with E-state index in [1.807, 2.05) is 32.0 Å². The first-order valence-corrected chi connectivity index (χ1v) is 8.64. The Labute approximate surface area is 155 Å². The molecule has 0 aliphatic heterocycles. The fraction of sp³-hybridized carbons (Fsp3) is 0.333. The van der Waals surface area contributed by atoms with Crippen LogP contribution in [0.4, 0.5) is 0 Å². The van der Waals surface area contributed by atoms with E-state index in [0.29, 0.717) is 36.2 Å². The van der Waals surface area contributed by atoms with Crippen molar-refractivity contribution in [2.24, 2.45) is 0 Å². The van der Waals surface area contributed by atoms with Crippen LogP contribution in [0.15, 0.2) is 29.2 Å². The van der Waals surface area contributed by atoms with Crippen molar-refractivity contribution in [1.29, 1.82) is 0 Å². The summed E-state index contributed by atoms with van der Waals surface area (Å²) < 4.78 is 6.42. The molecular formula is C18H19N7O2. The summed E-state index contributed by atoms with van der Waals surface area (Å²) in [6.07, 6.45) is 2.49. The minimum Gasteiger partial charge on any atom is -0.341 e. The SMILES string of the molecule is Cc1nc2ncnn2c(C)c1CCC(=O)N(C)Cc1ccc2nonc2c1. The monoisotopic (exact) mass is 365 g/mol. The molecule has 27 heavy (non-hydrogen) atoms. The van der Waals surface area contributed by atoms with E-state index in [9.17, 15) is 4.79 Å². The van der Waals surface area contributed by atoms with Gasteiger partial charge in [-0.05, 0) is 53.8 Å². The number of rotatable bonds is 5. The van der Waals surface area contributed by atoms with E-state index in [2.05, 4.69) is 25.4 Å². The minimum atomic E-state index is 0.0610. The normalized spacial score (nSPS) is 11.4. The summed E-state index contributed by atoms with van der Waals surface area (Å²) in [5.74, 6) is 0.640. The predicted octanol–water partition coefficient (Wildman–Crippen LogP) is 1.87. The number of aromatic nitrogens is 6. The maximum atomic E-state index is 12.6. The van der Waals surface area contributed by atoms with E-state index in [1.54, 1.807) is 16.5 Å². The highest BCUT2D eigenvalue weighted by molar-refractivity contribution is 5.77. The van der Waals surface area contributed by atoms with Gasteiger partial charge in [-0.2, -0.15) is 10.1 Å². The fourth-order valence-electron chi connectivity index (χ4n) is 3.23. The Morgan fingerprint density at radius 1 is 1.22 bits per heavy atom. The zero-order valence-electron chi connectivity index (χ0n) is 15.4. The van der Waals surface area contributed by atoms with Gasteiger partial charge in [0.2, 0.25) is 5.91 Å². The van der Waals surface area contributed by atoms with Gasteiger partial charge in [0.15, 0.2) is 0 Å². The first-order valence-electron chi connectivity index (χ1n) is 8.64. The van der Waals surface area contributed by atoms with Gasteiger partial charge in [-0.1, -0.05) is 6.07 Å². The number of benzene rings is 1. The summed E-state index contributed by atoms with van der Waals surface area (Å²) in [7, 11) is 1.80. The molecule has 0 N–H and O–H groups in total. The second-order valence-corrected chi connectivity index (χ2v) is 6.57. The Morgan fingerprint density at radius 3 is 2.89 bits per heavy atom. The zero-order chi connectivity index (χ0) is 19.0. The predicted molar refractivity (Wildman–Crippen MR) is 96.9 cm³/mol. The van der Waals surface area contributed by atoms with Crippen LogP contribution in [0.5, 0.6) is 0 Å². The molecule has 0 radical (unpaired) electrons. The lowest BCUT2D eigenvalue weighted by atomic mass is 10.1. The van der Waals surface area contributed by atoms with Crippen LogP contribution in [-0.2, 0) is 17.8 Å². The largest absolute Gasteiger partial charge is 0.341 e. The molecule has 0 saturated heterocycles. The molecule has 9 heteroatoms. The number of nitrogens with zero attached hydrogens (tertiary/aromatic N) is 7. The highest BCUT2D eigenvalue weighted by Crippen LogP contribution is 2.17. The number of fused-ring (bicyclic) bond motifs is 2. The zero-order valence-corrected chi connectivity index (χ0v) is 15.4. The highest BCUT2D eigenvalue weighted by atomic mass is 16.6. The molecule has 1 aromatic carbocycles. The van der Waals surface area contributed by atoms with Crippen molar-refractivity contribution < 1.29 is 9.42 Å². The van der Waals surface area contributed by atoms with E-state index >= 15 is 0 Å². The van der Waals surface area contributed by atoms with Gasteiger partial charge in [0.05, 0.1) is 0 Å². The third-order valence-electron chi connectivity index (χ3n) is 4.74. The molecule has 1 amide bonds. The fourth-order valence-corrected chi connectivity index (χ4v) is 3.23. The molecule has 4 aromatic rings. The standard InChI is InChI=1S/C18H19N7O2/c1-11-14(12(2)25-18(21-11)19-10-20-25)5-7-17(26)24(3)9-13-4-6-15-16(8-13)23-27-22-15/h4,6,8,10H,5,7,9H2,1-3H3. The molecule has 0 spiro atoms. The lowest BCUT2D eigenvalue weighted by Crippen LogP contribution is -2.26. The van der Waals surface area contributed by atoms with Gasteiger partial charge in [-0.25, -0.2) is 14.1 Å². The summed E-state index contributed by atoms with van der Waals surface area (Å²) in [5, 5.41) is 11.8. The van der Waals surface area contributed by atoms with E-state index < -0.39 is 0 Å². The molecule has 0 bridgehead atoms. The first kappa shape index (κ1) is 17.1. The second kappa shape index (κ2) is 6.75. The average Bonchev–Trinajstić information content (AvgIpc) is 3.29. The Kier molecular flexibility index (Phi) is 4.27. The van der Waals surface area contributed by atoms with Crippen molar-refractivity contribution >= 4 is 22.7 Å². The Hall–Kier alpha value is -3.36. The van der Waals surface area contributed by atoms with Gasteiger partial charge in [0.1, 0.15) is 17.4 Å². The van der Waals surface area contributed by atoms with Crippen molar-refractivity contribution in [3.63, 3.8) is 0 Å². The summed E-state index contributed by atoms with van der Waals surface area (Å²) in [5.41, 5.74) is 5.25. The lowest BCUT2D eigenvalue weighted by Gasteiger charge is -2.18. The number of hydrogen-bond donors (Lipinski definition) is 0. The van der Waals surface area contributed by atoms with Crippen LogP contribution in [0.3, 0.4) is 0 Å². The van der Waals surface area contributed by atoms with Crippen LogP contribution in [0.25, 0.3) is 16.8 Å². The van der Waals surface area contributed by atoms with E-state index in [4.69, 9.17) is 4.63 Å². The number of aryl methyl sites for hydroxylation is 2. The van der Waals surface area contributed by atoms with Crippen molar-refractivity contribution in [3.8, 4) is 0 Å². The van der Waals surface area contributed by atoms with Crippen LogP contribution in [0.2, 0.25) is 0 Å². The van der Waals surface area contributed by atoms with Crippen LogP contribution in [0, 0.1) is 13.8 Å². The van der Waals surface area contributed by atoms with Crippen LogP contribution < -0.4 is 0 Å². The summed E-state index contributed by atoms with van der Waals surface area (Å²) in [6, 6.07) is 5.64. The van der Waals surface area contributed by atoms with Crippen molar-refractivity contribution in [1.82, 2.24) is 34.8 Å². The van der Waals surface area contributed by atoms with E-state index in [1.165, 1.54) is 6.33 Å². The molecular weight excluding hydrogens is 346 g/mol. The number of carbonyl (C=O) groups excluding carboxylic acids is 1. The van der Waals surface area contributed by atoms with Gasteiger partial charge >= 0.3 is 0 Å². The average molecular weight is 365 g/mol. The van der Waals surface area contributed by atoms with E-state index in [-0.39, 0.29) is 5.91 Å². The molecule has 0 aliphatic rings. The van der Waals surface area contributed by atoms with Crippen LogP contribution >= 0.6 is 0 Å². The summed E-state index contributed by atoms with van der Waals surface area (Å²) in [4.78, 5) is 22.9. The van der Waals surface area contributed by atoms with Gasteiger partial charge in [-0.3, -0.25) is 4.79 Å². The van der Waals surface area contributed by atoms with Gasteiger partial charge in [0.25, 0.3) is 5.78 Å². The van der Waals surface area contributed by atoms with Gasteiger partial charge < -0.3 is 4.90 Å². The molecule has 3 aromatic heterocycles. The van der Waals surface area contributed by atoms with Crippen LogP contribution in [0.1, 0.15) is 28.9 Å². The van der Waals surface area contributed by atoms with Gasteiger partial charge in [0, 0.05) is 31.4 Å². The summed E-state index contributed by atoms with van der Waals surface area (Å²) in [6.45, 7) is 4.41. The van der Waals surface area contributed by atoms with Crippen molar-refractivity contribution in [2.45, 2.75) is 33.2 Å². The third kappa shape index (κ3) is 3.23.